The lowest BCUT2D eigenvalue weighted by atomic mass is 10.0. The first-order chi connectivity index (χ1) is 9.96. The largest absolute Gasteiger partial charge is 0.488 e. The van der Waals surface area contributed by atoms with Gasteiger partial charge in [-0.1, -0.05) is 36.4 Å². The minimum absolute atomic E-state index is 0.0511. The van der Waals surface area contributed by atoms with Crippen LogP contribution in [0.3, 0.4) is 0 Å². The van der Waals surface area contributed by atoms with E-state index in [0.29, 0.717) is 17.7 Å². The molecule has 1 heterocycles. The molecule has 0 amide bonds. The Bertz CT molecular complexity index is 765. The fourth-order valence-corrected chi connectivity index (χ4v) is 4.33. The molecule has 1 fully saturated rings. The molecule has 1 saturated heterocycles. The van der Waals surface area contributed by atoms with E-state index in [0.717, 1.165) is 10.8 Å². The molecule has 0 spiro atoms. The fraction of sp³-hybridized carbons (Fsp3) is 0.375. The van der Waals surface area contributed by atoms with E-state index in [4.69, 9.17) is 4.74 Å². The Balaban J connectivity index is 2.04. The topological polar surface area (TPSA) is 63.6 Å². The van der Waals surface area contributed by atoms with Crippen LogP contribution in [0, 0.1) is 0 Å². The maximum atomic E-state index is 11.6. The van der Waals surface area contributed by atoms with Crippen LogP contribution in [0.15, 0.2) is 36.4 Å². The van der Waals surface area contributed by atoms with E-state index in [1.54, 1.807) is 6.92 Å². The number of ether oxygens (including phenoxy) is 1. The minimum Gasteiger partial charge on any atom is -0.488 e. The second kappa shape index (κ2) is 5.31. The average molecular weight is 306 g/mol. The number of hydrogen-bond acceptors (Lipinski definition) is 4. The third kappa shape index (κ3) is 2.89. The quantitative estimate of drug-likeness (QED) is 0.946. The molecular weight excluding hydrogens is 288 g/mol. The van der Waals surface area contributed by atoms with Gasteiger partial charge < -0.3 is 9.84 Å². The van der Waals surface area contributed by atoms with Crippen LogP contribution in [0.25, 0.3) is 10.8 Å². The smallest absolute Gasteiger partial charge is 0.154 e. The summed E-state index contributed by atoms with van der Waals surface area (Å²) < 4.78 is 29.1. The number of rotatable bonds is 3. The van der Waals surface area contributed by atoms with Crippen molar-refractivity contribution in [2.24, 2.45) is 0 Å². The van der Waals surface area contributed by atoms with Gasteiger partial charge in [0.05, 0.1) is 17.6 Å². The van der Waals surface area contributed by atoms with Crippen molar-refractivity contribution in [3.8, 4) is 5.75 Å². The van der Waals surface area contributed by atoms with Gasteiger partial charge >= 0.3 is 0 Å². The van der Waals surface area contributed by atoms with Crippen LogP contribution >= 0.6 is 0 Å². The summed E-state index contributed by atoms with van der Waals surface area (Å²) in [7, 11) is -2.99. The molecule has 2 atom stereocenters. The average Bonchev–Trinajstić information content (AvgIpc) is 2.78. The first-order valence-electron chi connectivity index (χ1n) is 7.03. The highest BCUT2D eigenvalue weighted by atomic mass is 32.2. The van der Waals surface area contributed by atoms with E-state index in [1.807, 2.05) is 36.4 Å². The Morgan fingerprint density at radius 2 is 2.00 bits per heavy atom. The maximum Gasteiger partial charge on any atom is 0.154 e. The summed E-state index contributed by atoms with van der Waals surface area (Å²) in [5.41, 5.74) is 0.693. The molecule has 5 heteroatoms. The number of hydrogen-bond donors (Lipinski definition) is 1. The molecule has 0 radical (unpaired) electrons. The third-order valence-electron chi connectivity index (χ3n) is 3.84. The van der Waals surface area contributed by atoms with Crippen molar-refractivity contribution in [3.63, 3.8) is 0 Å². The molecular formula is C16H18O4S. The van der Waals surface area contributed by atoms with Crippen molar-refractivity contribution in [2.75, 3.05) is 11.5 Å². The molecule has 0 saturated carbocycles. The van der Waals surface area contributed by atoms with Gasteiger partial charge in [0.2, 0.25) is 0 Å². The highest BCUT2D eigenvalue weighted by molar-refractivity contribution is 7.91. The molecule has 21 heavy (non-hydrogen) atoms. The standard InChI is InChI=1S/C16H18O4S/c1-11(17)14-7-6-12-4-2-3-5-15(12)16(14)20-13-8-9-21(18,19)10-13/h2-7,11,13,17H,8-10H2,1H3/t11-,13?/m1/s1. The molecule has 1 N–H and O–H groups in total. The molecule has 112 valence electrons. The first kappa shape index (κ1) is 14.4. The Morgan fingerprint density at radius 3 is 2.67 bits per heavy atom. The van der Waals surface area contributed by atoms with Gasteiger partial charge in [-0.15, -0.1) is 0 Å². The molecule has 0 aromatic heterocycles. The predicted octanol–water partition coefficient (Wildman–Crippen LogP) is 2.46. The first-order valence-corrected chi connectivity index (χ1v) is 8.85. The van der Waals surface area contributed by atoms with E-state index in [-0.39, 0.29) is 17.6 Å². The van der Waals surface area contributed by atoms with Crippen molar-refractivity contribution in [3.05, 3.63) is 42.0 Å². The van der Waals surface area contributed by atoms with Gasteiger partial charge in [0.25, 0.3) is 0 Å². The summed E-state index contributed by atoms with van der Waals surface area (Å²) in [6.07, 6.45) is -0.494. The van der Waals surface area contributed by atoms with E-state index < -0.39 is 15.9 Å². The maximum absolute atomic E-state index is 11.6. The van der Waals surface area contributed by atoms with Crippen molar-refractivity contribution in [2.45, 2.75) is 25.6 Å². The molecule has 2 aromatic rings. The van der Waals surface area contributed by atoms with E-state index in [1.165, 1.54) is 0 Å². The second-order valence-electron chi connectivity index (χ2n) is 5.52. The Labute approximate surface area is 124 Å². The molecule has 0 bridgehead atoms. The number of aliphatic hydroxyl groups is 1. The van der Waals surface area contributed by atoms with Crippen molar-refractivity contribution < 1.29 is 18.3 Å². The van der Waals surface area contributed by atoms with Gasteiger partial charge in [-0.3, -0.25) is 0 Å². The fourth-order valence-electron chi connectivity index (χ4n) is 2.74. The summed E-state index contributed by atoms with van der Waals surface area (Å²) in [6, 6.07) is 11.5. The minimum atomic E-state index is -2.99. The normalized spacial score (nSPS) is 22.3. The Kier molecular flexibility index (Phi) is 3.63. The van der Waals surface area contributed by atoms with E-state index >= 15 is 0 Å². The summed E-state index contributed by atoms with van der Waals surface area (Å²) in [4.78, 5) is 0. The van der Waals surface area contributed by atoms with Crippen LogP contribution in [0.4, 0.5) is 0 Å². The number of benzene rings is 2. The van der Waals surface area contributed by atoms with E-state index in [2.05, 4.69) is 0 Å². The summed E-state index contributed by atoms with van der Waals surface area (Å²) in [5.74, 6) is 0.826. The molecule has 3 rings (SSSR count). The molecule has 1 aliphatic rings. The zero-order valence-corrected chi connectivity index (χ0v) is 12.6. The van der Waals surface area contributed by atoms with Crippen LogP contribution in [0.5, 0.6) is 5.75 Å². The Morgan fingerprint density at radius 1 is 1.24 bits per heavy atom. The zero-order valence-electron chi connectivity index (χ0n) is 11.8. The van der Waals surface area contributed by atoms with Crippen molar-refractivity contribution in [1.29, 1.82) is 0 Å². The summed E-state index contributed by atoms with van der Waals surface area (Å²) in [6.45, 7) is 1.68. The molecule has 4 nitrogen and oxygen atoms in total. The number of aliphatic hydroxyl groups excluding tert-OH is 1. The lowest BCUT2D eigenvalue weighted by molar-refractivity contribution is 0.181. The highest BCUT2D eigenvalue weighted by Gasteiger charge is 2.30. The SMILES string of the molecule is C[C@@H](O)c1ccc2ccccc2c1OC1CCS(=O)(=O)C1. The summed E-state index contributed by atoms with van der Waals surface area (Å²) >= 11 is 0. The van der Waals surface area contributed by atoms with Gasteiger partial charge in [0.1, 0.15) is 11.9 Å². The van der Waals surface area contributed by atoms with Crippen LogP contribution in [0.2, 0.25) is 0 Å². The van der Waals surface area contributed by atoms with Crippen LogP contribution in [-0.4, -0.2) is 31.1 Å². The lowest BCUT2D eigenvalue weighted by Crippen LogP contribution is -2.19. The lowest BCUT2D eigenvalue weighted by Gasteiger charge is -2.19. The van der Waals surface area contributed by atoms with Crippen LogP contribution < -0.4 is 4.74 Å². The van der Waals surface area contributed by atoms with Crippen LogP contribution in [0.1, 0.15) is 25.0 Å². The highest BCUT2D eigenvalue weighted by Crippen LogP contribution is 2.35. The monoisotopic (exact) mass is 306 g/mol. The predicted molar refractivity (Wildman–Crippen MR) is 82.3 cm³/mol. The van der Waals surface area contributed by atoms with Gasteiger partial charge in [0, 0.05) is 10.9 Å². The van der Waals surface area contributed by atoms with Gasteiger partial charge in [-0.2, -0.15) is 0 Å². The van der Waals surface area contributed by atoms with Crippen molar-refractivity contribution in [1.82, 2.24) is 0 Å². The van der Waals surface area contributed by atoms with E-state index in [9.17, 15) is 13.5 Å². The third-order valence-corrected chi connectivity index (χ3v) is 5.57. The number of sulfone groups is 1. The second-order valence-corrected chi connectivity index (χ2v) is 7.75. The van der Waals surface area contributed by atoms with Crippen LogP contribution in [-0.2, 0) is 9.84 Å². The van der Waals surface area contributed by atoms with Gasteiger partial charge in [0.15, 0.2) is 9.84 Å². The van der Waals surface area contributed by atoms with Gasteiger partial charge in [-0.05, 0) is 18.7 Å². The summed E-state index contributed by atoms with van der Waals surface area (Å²) in [5, 5.41) is 11.9. The molecule has 1 unspecified atom stereocenters. The Hall–Kier alpha value is -1.59. The molecule has 1 aliphatic heterocycles. The molecule has 2 aromatic carbocycles. The molecule has 0 aliphatic carbocycles. The number of fused-ring (bicyclic) bond motifs is 1. The van der Waals surface area contributed by atoms with Crippen molar-refractivity contribution >= 4 is 20.6 Å². The van der Waals surface area contributed by atoms with Gasteiger partial charge in [-0.25, -0.2) is 8.42 Å². The zero-order chi connectivity index (χ0) is 15.0.